The molecule has 0 spiro atoms. The highest BCUT2D eigenvalue weighted by molar-refractivity contribution is 9.10. The maximum atomic E-state index is 9.60. The molecule has 5 heteroatoms. The molecular formula is C9H12BrClN2O. The first-order valence-corrected chi connectivity index (χ1v) is 4.52. The third-order valence-corrected chi connectivity index (χ3v) is 2.47. The van der Waals surface area contributed by atoms with Crippen LogP contribution in [-0.4, -0.2) is 5.11 Å². The van der Waals surface area contributed by atoms with Crippen LogP contribution in [0.2, 0.25) is 0 Å². The van der Waals surface area contributed by atoms with E-state index in [0.29, 0.717) is 11.3 Å². The molecule has 78 valence electrons. The van der Waals surface area contributed by atoms with Crippen molar-refractivity contribution in [1.82, 2.24) is 0 Å². The molecule has 0 radical (unpaired) electrons. The lowest BCUT2D eigenvalue weighted by Gasteiger charge is -2.12. The lowest BCUT2D eigenvalue weighted by atomic mass is 10.1. The van der Waals surface area contributed by atoms with E-state index in [4.69, 9.17) is 11.5 Å². The van der Waals surface area contributed by atoms with Gasteiger partial charge in [0, 0.05) is 10.0 Å². The van der Waals surface area contributed by atoms with Crippen LogP contribution in [0, 0.1) is 0 Å². The smallest absolute Gasteiger partial charge is 0.144 e. The molecule has 1 atom stereocenters. The average Bonchev–Trinajstić information content (AvgIpc) is 2.12. The highest BCUT2D eigenvalue weighted by Crippen LogP contribution is 2.35. The van der Waals surface area contributed by atoms with Crippen LogP contribution in [0.3, 0.4) is 0 Å². The Bertz CT molecular complexity index is 344. The van der Waals surface area contributed by atoms with Crippen LogP contribution in [0.25, 0.3) is 0 Å². The van der Waals surface area contributed by atoms with Crippen LogP contribution >= 0.6 is 28.3 Å². The van der Waals surface area contributed by atoms with E-state index >= 15 is 0 Å². The SMILES string of the molecule is C=C[C@H](N)c1c(Br)ccc(N)c1O.Cl. The minimum Gasteiger partial charge on any atom is -0.505 e. The van der Waals surface area contributed by atoms with Crippen molar-refractivity contribution in [2.75, 3.05) is 5.73 Å². The maximum Gasteiger partial charge on any atom is 0.144 e. The van der Waals surface area contributed by atoms with Crippen LogP contribution in [0.15, 0.2) is 29.3 Å². The fraction of sp³-hybridized carbons (Fsp3) is 0.111. The van der Waals surface area contributed by atoms with Crippen molar-refractivity contribution in [1.29, 1.82) is 0 Å². The van der Waals surface area contributed by atoms with E-state index in [9.17, 15) is 5.11 Å². The topological polar surface area (TPSA) is 72.3 Å². The van der Waals surface area contributed by atoms with Crippen LogP contribution in [0.1, 0.15) is 11.6 Å². The number of benzene rings is 1. The predicted molar refractivity (Wildman–Crippen MR) is 64.6 cm³/mol. The summed E-state index contributed by atoms with van der Waals surface area (Å²) in [5.74, 6) is 0.0155. The number of phenolic OH excluding ortho intramolecular Hbond substituents is 1. The summed E-state index contributed by atoms with van der Waals surface area (Å²) in [6, 6.07) is 2.94. The van der Waals surface area contributed by atoms with Gasteiger partial charge in [0.2, 0.25) is 0 Å². The van der Waals surface area contributed by atoms with Gasteiger partial charge < -0.3 is 16.6 Å². The number of halogens is 2. The molecule has 5 N–H and O–H groups in total. The molecule has 1 aromatic carbocycles. The van der Waals surface area contributed by atoms with Crippen LogP contribution in [0.5, 0.6) is 5.75 Å². The molecule has 1 rings (SSSR count). The summed E-state index contributed by atoms with van der Waals surface area (Å²) in [6.07, 6.45) is 1.54. The zero-order chi connectivity index (χ0) is 10.0. The van der Waals surface area contributed by atoms with E-state index in [2.05, 4.69) is 22.5 Å². The lowest BCUT2D eigenvalue weighted by Crippen LogP contribution is -2.08. The van der Waals surface area contributed by atoms with Crippen molar-refractivity contribution in [3.8, 4) is 5.75 Å². The standard InChI is InChI=1S/C9H11BrN2O.ClH/c1-2-6(11)8-5(10)3-4-7(12)9(8)13;/h2-4,6,13H,1,11-12H2;1H/t6-;/m0./s1. The summed E-state index contributed by atoms with van der Waals surface area (Å²) in [4.78, 5) is 0. The number of rotatable bonds is 2. The Labute approximate surface area is 97.3 Å². The van der Waals surface area contributed by atoms with Crippen molar-refractivity contribution in [3.05, 3.63) is 34.8 Å². The van der Waals surface area contributed by atoms with Crippen molar-refractivity contribution in [2.24, 2.45) is 5.73 Å². The molecular weight excluding hydrogens is 267 g/mol. The van der Waals surface area contributed by atoms with Gasteiger partial charge in [0.05, 0.1) is 11.7 Å². The summed E-state index contributed by atoms with van der Waals surface area (Å²) in [5.41, 5.74) is 12.1. The second-order valence-corrected chi connectivity index (χ2v) is 3.51. The molecule has 0 bridgehead atoms. The molecule has 0 amide bonds. The molecule has 0 aliphatic rings. The van der Waals surface area contributed by atoms with E-state index in [1.807, 2.05) is 0 Å². The molecule has 14 heavy (non-hydrogen) atoms. The first kappa shape index (κ1) is 13.3. The highest BCUT2D eigenvalue weighted by atomic mass is 79.9. The maximum absolute atomic E-state index is 9.60. The lowest BCUT2D eigenvalue weighted by molar-refractivity contribution is 0.468. The third kappa shape index (κ3) is 2.41. The molecule has 0 saturated heterocycles. The van der Waals surface area contributed by atoms with Crippen LogP contribution < -0.4 is 11.5 Å². The number of nitrogen functional groups attached to an aromatic ring is 1. The minimum absolute atomic E-state index is 0. The monoisotopic (exact) mass is 278 g/mol. The van der Waals surface area contributed by atoms with Gasteiger partial charge in [-0.25, -0.2) is 0 Å². The fourth-order valence-corrected chi connectivity index (χ4v) is 1.62. The van der Waals surface area contributed by atoms with Gasteiger partial charge in [-0.3, -0.25) is 0 Å². The Kier molecular flexibility index (Phi) is 4.97. The number of hydrogen-bond acceptors (Lipinski definition) is 3. The normalized spacial score (nSPS) is 11.6. The second-order valence-electron chi connectivity index (χ2n) is 2.66. The molecule has 0 saturated carbocycles. The molecule has 0 aromatic heterocycles. The molecule has 0 unspecified atom stereocenters. The Balaban J connectivity index is 0.00000169. The van der Waals surface area contributed by atoms with Crippen molar-refractivity contribution < 1.29 is 5.11 Å². The zero-order valence-electron chi connectivity index (χ0n) is 7.40. The van der Waals surface area contributed by atoms with Gasteiger partial charge in [-0.2, -0.15) is 0 Å². The molecule has 0 aliphatic carbocycles. The molecule has 0 heterocycles. The number of hydrogen-bond donors (Lipinski definition) is 3. The van der Waals surface area contributed by atoms with Crippen LogP contribution in [0.4, 0.5) is 5.69 Å². The Morgan fingerprint density at radius 2 is 2.07 bits per heavy atom. The number of phenols is 1. The summed E-state index contributed by atoms with van der Waals surface area (Å²) < 4.78 is 0.728. The van der Waals surface area contributed by atoms with Gasteiger partial charge in [-0.15, -0.1) is 19.0 Å². The van der Waals surface area contributed by atoms with Gasteiger partial charge in [0.1, 0.15) is 5.75 Å². The number of nitrogens with two attached hydrogens (primary N) is 2. The van der Waals surface area contributed by atoms with E-state index in [1.54, 1.807) is 18.2 Å². The third-order valence-electron chi connectivity index (χ3n) is 1.78. The fourth-order valence-electron chi connectivity index (χ4n) is 1.04. The quantitative estimate of drug-likeness (QED) is 0.442. The predicted octanol–water partition coefficient (Wildman–Crippen LogP) is 2.34. The van der Waals surface area contributed by atoms with Gasteiger partial charge in [0.15, 0.2) is 0 Å². The van der Waals surface area contributed by atoms with Gasteiger partial charge in [0.25, 0.3) is 0 Å². The van der Waals surface area contributed by atoms with Gasteiger partial charge in [-0.1, -0.05) is 22.0 Å². The largest absolute Gasteiger partial charge is 0.505 e. The van der Waals surface area contributed by atoms with Crippen molar-refractivity contribution >= 4 is 34.0 Å². The Hall–Kier alpha value is -0.710. The zero-order valence-corrected chi connectivity index (χ0v) is 9.81. The summed E-state index contributed by atoms with van der Waals surface area (Å²) in [5, 5.41) is 9.60. The van der Waals surface area contributed by atoms with E-state index in [-0.39, 0.29) is 18.2 Å². The summed E-state index contributed by atoms with van der Waals surface area (Å²) in [7, 11) is 0. The highest BCUT2D eigenvalue weighted by Gasteiger charge is 2.13. The summed E-state index contributed by atoms with van der Waals surface area (Å²) >= 11 is 3.28. The second kappa shape index (κ2) is 5.24. The first-order valence-electron chi connectivity index (χ1n) is 3.73. The molecule has 3 nitrogen and oxygen atoms in total. The average molecular weight is 280 g/mol. The Morgan fingerprint density at radius 1 is 1.50 bits per heavy atom. The summed E-state index contributed by atoms with van der Waals surface area (Å²) in [6.45, 7) is 3.55. The molecule has 0 fully saturated rings. The van der Waals surface area contributed by atoms with Crippen molar-refractivity contribution in [2.45, 2.75) is 6.04 Å². The van der Waals surface area contributed by atoms with Gasteiger partial charge in [-0.05, 0) is 12.1 Å². The van der Waals surface area contributed by atoms with Crippen molar-refractivity contribution in [3.63, 3.8) is 0 Å². The van der Waals surface area contributed by atoms with Crippen LogP contribution in [-0.2, 0) is 0 Å². The number of aromatic hydroxyl groups is 1. The molecule has 1 aromatic rings. The minimum atomic E-state index is -0.419. The Morgan fingerprint density at radius 3 is 2.57 bits per heavy atom. The number of anilines is 1. The van der Waals surface area contributed by atoms with E-state index in [1.165, 1.54) is 0 Å². The first-order chi connectivity index (χ1) is 6.07. The molecule has 0 aliphatic heterocycles. The van der Waals surface area contributed by atoms with Gasteiger partial charge >= 0.3 is 0 Å². The van der Waals surface area contributed by atoms with E-state index < -0.39 is 6.04 Å². The van der Waals surface area contributed by atoms with E-state index in [0.717, 1.165) is 4.47 Å².